The highest BCUT2D eigenvalue weighted by atomic mass is 35.5. The molecule has 3 aromatic rings. The summed E-state index contributed by atoms with van der Waals surface area (Å²) in [5.74, 6) is -11.2. The monoisotopic (exact) mass is 731 g/mol. The molecule has 0 aliphatic carbocycles. The first-order valence-corrected chi connectivity index (χ1v) is 17.2. The highest BCUT2D eigenvalue weighted by Crippen LogP contribution is 2.30. The number of nitrogens with zero attached hydrogens (tertiary/aromatic N) is 1. The van der Waals surface area contributed by atoms with Gasteiger partial charge in [0.25, 0.3) is 11.8 Å². The molecular formula is C37H41Cl2F2N3O6. The number of hydrogen-bond acceptors (Lipinski definition) is 7. The molecule has 1 fully saturated rings. The van der Waals surface area contributed by atoms with Crippen LogP contribution >= 0.6 is 23.2 Å². The molecule has 268 valence electrons. The molecule has 3 atom stereocenters. The van der Waals surface area contributed by atoms with Gasteiger partial charge in [0.2, 0.25) is 5.78 Å². The maximum Gasteiger partial charge on any atom is 0.381 e. The van der Waals surface area contributed by atoms with Crippen LogP contribution in [0.4, 0.5) is 8.78 Å². The number of ether oxygens (including phenoxy) is 2. The van der Waals surface area contributed by atoms with E-state index in [0.29, 0.717) is 38.4 Å². The number of alkyl halides is 2. The Balaban J connectivity index is 1.53. The number of carbonyl (C=O) groups is 4. The van der Waals surface area contributed by atoms with Gasteiger partial charge in [0.15, 0.2) is 11.9 Å². The van der Waals surface area contributed by atoms with Crippen LogP contribution in [0.5, 0.6) is 5.75 Å². The molecule has 50 heavy (non-hydrogen) atoms. The predicted octanol–water partition coefficient (Wildman–Crippen LogP) is 5.73. The molecular weight excluding hydrogens is 691 g/mol. The number of nitrogens with one attached hydrogen (secondary N) is 2. The van der Waals surface area contributed by atoms with E-state index >= 15 is 8.78 Å². The second kappa shape index (κ2) is 18.4. The van der Waals surface area contributed by atoms with Gasteiger partial charge in [-0.1, -0.05) is 97.7 Å². The van der Waals surface area contributed by atoms with Gasteiger partial charge in [0.05, 0.1) is 13.2 Å². The van der Waals surface area contributed by atoms with Crippen molar-refractivity contribution in [2.45, 2.75) is 44.8 Å². The summed E-state index contributed by atoms with van der Waals surface area (Å²) in [6, 6.07) is 20.5. The number of hydrogen-bond donors (Lipinski definition) is 2. The Kier molecular flexibility index (Phi) is 14.3. The zero-order chi connectivity index (χ0) is 36.3. The van der Waals surface area contributed by atoms with E-state index in [9.17, 15) is 19.2 Å². The first-order chi connectivity index (χ1) is 23.8. The Morgan fingerprint density at radius 1 is 0.920 bits per heavy atom. The number of benzene rings is 3. The van der Waals surface area contributed by atoms with E-state index in [1.54, 1.807) is 42.5 Å². The van der Waals surface area contributed by atoms with Crippen molar-refractivity contribution in [2.24, 2.45) is 11.8 Å². The molecule has 1 heterocycles. The quantitative estimate of drug-likeness (QED) is 0.171. The molecule has 3 aromatic carbocycles. The molecule has 2 amide bonds. The Hall–Kier alpha value is -3.90. The second-order valence-corrected chi connectivity index (χ2v) is 13.3. The Labute approximate surface area is 300 Å². The lowest BCUT2D eigenvalue weighted by Gasteiger charge is -2.28. The van der Waals surface area contributed by atoms with Crippen molar-refractivity contribution in [1.29, 1.82) is 0 Å². The van der Waals surface area contributed by atoms with Crippen LogP contribution in [0, 0.1) is 11.8 Å². The number of rotatable bonds is 17. The van der Waals surface area contributed by atoms with E-state index < -0.39 is 59.7 Å². The van der Waals surface area contributed by atoms with Gasteiger partial charge in [-0.3, -0.25) is 24.1 Å². The van der Waals surface area contributed by atoms with Crippen LogP contribution in [0.25, 0.3) is 0 Å². The van der Waals surface area contributed by atoms with Gasteiger partial charge in [-0.25, -0.2) is 0 Å². The van der Waals surface area contributed by atoms with Crippen LogP contribution in [0.2, 0.25) is 10.0 Å². The van der Waals surface area contributed by atoms with Crippen molar-refractivity contribution >= 4 is 46.6 Å². The van der Waals surface area contributed by atoms with Gasteiger partial charge in [-0.15, -0.1) is 0 Å². The fourth-order valence-corrected chi connectivity index (χ4v) is 6.09. The topological polar surface area (TPSA) is 114 Å². The molecule has 4 rings (SSSR count). The fraction of sp³-hybridized carbons (Fsp3) is 0.405. The minimum absolute atomic E-state index is 0.0807. The Morgan fingerprint density at radius 3 is 2.12 bits per heavy atom. The average molecular weight is 733 g/mol. The van der Waals surface area contributed by atoms with Gasteiger partial charge in [-0.2, -0.15) is 8.78 Å². The normalized spacial score (nSPS) is 15.5. The maximum absolute atomic E-state index is 15.3. The van der Waals surface area contributed by atoms with Gasteiger partial charge in [0, 0.05) is 55.0 Å². The lowest BCUT2D eigenvalue weighted by Crippen LogP contribution is -2.51. The highest BCUT2D eigenvalue weighted by Gasteiger charge is 2.51. The predicted molar refractivity (Wildman–Crippen MR) is 187 cm³/mol. The highest BCUT2D eigenvalue weighted by molar-refractivity contribution is 6.34. The largest absolute Gasteiger partial charge is 0.480 e. The number of ketones is 2. The van der Waals surface area contributed by atoms with Crippen LogP contribution in [0.1, 0.15) is 37.4 Å². The lowest BCUT2D eigenvalue weighted by molar-refractivity contribution is -0.162. The number of carbonyl (C=O) groups excluding carboxylic acids is 4. The second-order valence-electron chi connectivity index (χ2n) is 12.4. The average Bonchev–Trinajstić information content (AvgIpc) is 3.09. The standard InChI is InChI=1S/C37H41Cl2F2N3O6/c1-24(2)30(34(46)37(40,41)36(48)42-13-14-44-15-17-49-18-16-44)23-31(45)33(26-11-7-4-8-12-26)43-35(47)32(19-25-9-5-3-6-10-25)50-29-21-27(38)20-28(39)22-29/h3-12,20-22,24,30,32-33H,13-19,23H2,1-2H3,(H,42,48)(H,43,47)/t30-,32+,33-/m0/s1. The lowest BCUT2D eigenvalue weighted by atomic mass is 9.82. The van der Waals surface area contributed by atoms with Crippen LogP contribution in [0.3, 0.4) is 0 Å². The SMILES string of the molecule is CC(C)[C@H](CC(=O)[C@@H](NC(=O)[C@@H](Cc1ccccc1)Oc1cc(Cl)cc(Cl)c1)c1ccccc1)C(=O)C(F)(F)C(=O)NCCN1CCOCC1. The molecule has 13 heteroatoms. The van der Waals surface area contributed by atoms with Crippen molar-refractivity contribution in [2.75, 3.05) is 39.4 Å². The summed E-state index contributed by atoms with van der Waals surface area (Å²) < 4.78 is 42.0. The number of Topliss-reactive ketones (excluding diaryl/α,β-unsaturated/α-hetero) is 2. The third-order valence-corrected chi connectivity index (χ3v) is 8.82. The van der Waals surface area contributed by atoms with Gasteiger partial charge < -0.3 is 20.1 Å². The summed E-state index contributed by atoms with van der Waals surface area (Å²) in [7, 11) is 0. The number of amides is 2. The van der Waals surface area contributed by atoms with Crippen LogP contribution in [0.15, 0.2) is 78.9 Å². The molecule has 1 saturated heterocycles. The maximum atomic E-state index is 15.3. The Morgan fingerprint density at radius 2 is 1.52 bits per heavy atom. The van der Waals surface area contributed by atoms with Gasteiger partial charge in [-0.05, 0) is 35.2 Å². The molecule has 0 spiro atoms. The first kappa shape index (κ1) is 38.9. The zero-order valence-corrected chi connectivity index (χ0v) is 29.4. The molecule has 1 aliphatic rings. The third kappa shape index (κ3) is 11.1. The van der Waals surface area contributed by atoms with Gasteiger partial charge in [0.1, 0.15) is 11.8 Å². The third-order valence-electron chi connectivity index (χ3n) is 8.39. The van der Waals surface area contributed by atoms with Crippen LogP contribution < -0.4 is 15.4 Å². The zero-order valence-electron chi connectivity index (χ0n) is 27.9. The number of morpholine rings is 1. The van der Waals surface area contributed by atoms with Crippen molar-refractivity contribution in [1.82, 2.24) is 15.5 Å². The van der Waals surface area contributed by atoms with Crippen molar-refractivity contribution in [3.05, 3.63) is 100 Å². The summed E-state index contributed by atoms with van der Waals surface area (Å²) in [5.41, 5.74) is 1.14. The van der Waals surface area contributed by atoms with E-state index in [4.69, 9.17) is 32.7 Å². The smallest absolute Gasteiger partial charge is 0.381 e. The van der Waals surface area contributed by atoms with Crippen LogP contribution in [-0.2, 0) is 30.3 Å². The number of halogens is 4. The van der Waals surface area contributed by atoms with E-state index in [1.807, 2.05) is 23.1 Å². The van der Waals surface area contributed by atoms with Crippen LogP contribution in [-0.4, -0.2) is 79.7 Å². The molecule has 1 aliphatic heterocycles. The summed E-state index contributed by atoms with van der Waals surface area (Å²) in [6.07, 6.45) is -1.72. The Bertz CT molecular complexity index is 1590. The summed E-state index contributed by atoms with van der Waals surface area (Å²) in [5, 5.41) is 5.48. The van der Waals surface area contributed by atoms with E-state index in [0.717, 1.165) is 5.56 Å². The van der Waals surface area contributed by atoms with E-state index in [-0.39, 0.29) is 28.8 Å². The minimum Gasteiger partial charge on any atom is -0.480 e. The molecule has 0 bridgehead atoms. The van der Waals surface area contributed by atoms with Crippen molar-refractivity contribution in [3.63, 3.8) is 0 Å². The molecule has 0 unspecified atom stereocenters. The molecule has 0 radical (unpaired) electrons. The molecule has 9 nitrogen and oxygen atoms in total. The molecule has 0 saturated carbocycles. The summed E-state index contributed by atoms with van der Waals surface area (Å²) in [6.45, 7) is 5.53. The fourth-order valence-electron chi connectivity index (χ4n) is 5.58. The first-order valence-electron chi connectivity index (χ1n) is 16.4. The molecule has 0 aromatic heterocycles. The summed E-state index contributed by atoms with van der Waals surface area (Å²) >= 11 is 12.3. The van der Waals surface area contributed by atoms with Crippen molar-refractivity contribution < 1.29 is 37.4 Å². The summed E-state index contributed by atoms with van der Waals surface area (Å²) in [4.78, 5) is 55.7. The van der Waals surface area contributed by atoms with E-state index in [1.165, 1.54) is 32.0 Å². The molecule has 2 N–H and O–H groups in total. The van der Waals surface area contributed by atoms with E-state index in [2.05, 4.69) is 10.6 Å². The minimum atomic E-state index is -4.38. The van der Waals surface area contributed by atoms with Gasteiger partial charge >= 0.3 is 5.92 Å². The van der Waals surface area contributed by atoms with Crippen molar-refractivity contribution in [3.8, 4) is 5.75 Å².